The van der Waals surface area contributed by atoms with Gasteiger partial charge in [0.15, 0.2) is 0 Å². The maximum Gasteiger partial charge on any atom is 0.264 e. The summed E-state index contributed by atoms with van der Waals surface area (Å²) in [5.41, 5.74) is 0.680. The van der Waals surface area contributed by atoms with Crippen molar-refractivity contribution in [1.29, 1.82) is 0 Å². The summed E-state index contributed by atoms with van der Waals surface area (Å²) in [6.07, 6.45) is 2.77. The molecular weight excluding hydrogens is 282 g/mol. The summed E-state index contributed by atoms with van der Waals surface area (Å²) in [6.45, 7) is 10.8. The number of rotatable bonds is 5. The standard InChI is InChI=1S/C12H23NO4SSi/c1-12(2,3)19(5,6)17-11-7-10(13-8-11)9-16-18(4,14)15/h7-8,13H,9H2,1-6H3. The van der Waals surface area contributed by atoms with E-state index in [-0.39, 0.29) is 11.6 Å². The normalized spacial score (nSPS) is 13.6. The number of aromatic amines is 1. The van der Waals surface area contributed by atoms with Gasteiger partial charge in [-0.2, -0.15) is 8.42 Å². The number of aromatic nitrogens is 1. The molecule has 0 saturated heterocycles. The summed E-state index contributed by atoms with van der Waals surface area (Å²) in [4.78, 5) is 2.96. The first-order valence-corrected chi connectivity index (χ1v) is 10.8. The molecule has 0 aliphatic heterocycles. The van der Waals surface area contributed by atoms with Crippen LogP contribution in [0, 0.1) is 0 Å². The lowest BCUT2D eigenvalue weighted by Gasteiger charge is -2.36. The van der Waals surface area contributed by atoms with E-state index in [4.69, 9.17) is 8.61 Å². The van der Waals surface area contributed by atoms with Gasteiger partial charge in [-0.15, -0.1) is 0 Å². The molecule has 0 atom stereocenters. The first-order chi connectivity index (χ1) is 8.41. The van der Waals surface area contributed by atoms with Crippen molar-refractivity contribution in [3.05, 3.63) is 18.0 Å². The molecule has 1 rings (SSSR count). The molecule has 0 aliphatic rings. The Labute approximate surface area is 116 Å². The fourth-order valence-electron chi connectivity index (χ4n) is 1.18. The minimum absolute atomic E-state index is 0.000302. The second-order valence-corrected chi connectivity index (χ2v) is 12.6. The fraction of sp³-hybridized carbons (Fsp3) is 0.667. The van der Waals surface area contributed by atoms with Gasteiger partial charge in [-0.05, 0) is 18.1 Å². The Hall–Kier alpha value is -0.793. The molecule has 0 aromatic carbocycles. The van der Waals surface area contributed by atoms with Gasteiger partial charge >= 0.3 is 0 Å². The molecule has 0 bridgehead atoms. The van der Waals surface area contributed by atoms with Gasteiger partial charge in [0.25, 0.3) is 18.4 Å². The van der Waals surface area contributed by atoms with E-state index in [0.29, 0.717) is 5.69 Å². The van der Waals surface area contributed by atoms with E-state index in [0.717, 1.165) is 12.0 Å². The van der Waals surface area contributed by atoms with Crippen LogP contribution in [0.2, 0.25) is 18.1 Å². The molecule has 0 aliphatic carbocycles. The van der Waals surface area contributed by atoms with E-state index in [1.165, 1.54) is 0 Å². The SMILES string of the molecule is CC(C)(C)[Si](C)(C)Oc1c[nH]c(COS(C)(=O)=O)c1. The minimum Gasteiger partial charge on any atom is -0.542 e. The van der Waals surface area contributed by atoms with Crippen LogP contribution in [0.5, 0.6) is 5.75 Å². The van der Waals surface area contributed by atoms with Gasteiger partial charge in [0, 0.05) is 18.0 Å². The lowest BCUT2D eigenvalue weighted by Crippen LogP contribution is -2.43. The highest BCUT2D eigenvalue weighted by Gasteiger charge is 2.39. The molecule has 0 fully saturated rings. The van der Waals surface area contributed by atoms with Crippen molar-refractivity contribution in [2.75, 3.05) is 6.26 Å². The average Bonchev–Trinajstić information content (AvgIpc) is 2.59. The molecule has 0 spiro atoms. The van der Waals surface area contributed by atoms with Crippen LogP contribution in [0.25, 0.3) is 0 Å². The Kier molecular flexibility index (Phi) is 4.53. The maximum absolute atomic E-state index is 10.9. The van der Waals surface area contributed by atoms with Gasteiger partial charge in [0.2, 0.25) is 0 Å². The highest BCUT2D eigenvalue weighted by Crippen LogP contribution is 2.37. The second-order valence-electron chi connectivity index (χ2n) is 6.19. The highest BCUT2D eigenvalue weighted by atomic mass is 32.2. The van der Waals surface area contributed by atoms with Crippen LogP contribution >= 0.6 is 0 Å². The lowest BCUT2D eigenvalue weighted by molar-refractivity contribution is 0.307. The first kappa shape index (κ1) is 16.3. The largest absolute Gasteiger partial charge is 0.542 e. The molecule has 0 radical (unpaired) electrons. The molecule has 19 heavy (non-hydrogen) atoms. The van der Waals surface area contributed by atoms with E-state index in [9.17, 15) is 8.42 Å². The van der Waals surface area contributed by atoms with Crippen molar-refractivity contribution in [1.82, 2.24) is 4.98 Å². The Morgan fingerprint density at radius 2 is 1.89 bits per heavy atom. The van der Waals surface area contributed by atoms with Crippen molar-refractivity contribution in [3.8, 4) is 5.75 Å². The lowest BCUT2D eigenvalue weighted by atomic mass is 10.2. The number of hydrogen-bond donors (Lipinski definition) is 1. The molecule has 1 aromatic rings. The van der Waals surface area contributed by atoms with E-state index < -0.39 is 18.4 Å². The predicted molar refractivity (Wildman–Crippen MR) is 78.3 cm³/mol. The van der Waals surface area contributed by atoms with E-state index >= 15 is 0 Å². The van der Waals surface area contributed by atoms with E-state index in [2.05, 4.69) is 38.8 Å². The molecule has 0 amide bonds. The molecule has 1 heterocycles. The summed E-state index contributed by atoms with van der Waals surface area (Å²) in [5.74, 6) is 0.735. The monoisotopic (exact) mass is 305 g/mol. The summed E-state index contributed by atoms with van der Waals surface area (Å²) < 4.78 is 32.6. The van der Waals surface area contributed by atoms with Crippen LogP contribution in [0.4, 0.5) is 0 Å². The van der Waals surface area contributed by atoms with Gasteiger partial charge in [0.1, 0.15) is 12.4 Å². The van der Waals surface area contributed by atoms with Crippen LogP contribution in [0.15, 0.2) is 12.3 Å². The quantitative estimate of drug-likeness (QED) is 0.671. The summed E-state index contributed by atoms with van der Waals surface area (Å²) in [5, 5.41) is 0.119. The minimum atomic E-state index is -3.42. The van der Waals surface area contributed by atoms with Crippen molar-refractivity contribution < 1.29 is 17.0 Å². The summed E-state index contributed by atoms with van der Waals surface area (Å²) >= 11 is 0. The Morgan fingerprint density at radius 3 is 2.37 bits per heavy atom. The number of nitrogens with one attached hydrogen (secondary N) is 1. The smallest absolute Gasteiger partial charge is 0.264 e. The molecular formula is C12H23NO4SSi. The molecule has 7 heteroatoms. The van der Waals surface area contributed by atoms with Crippen molar-refractivity contribution in [3.63, 3.8) is 0 Å². The van der Waals surface area contributed by atoms with Gasteiger partial charge in [-0.25, -0.2) is 0 Å². The average molecular weight is 305 g/mol. The third kappa shape index (κ3) is 5.00. The van der Waals surface area contributed by atoms with Gasteiger partial charge < -0.3 is 9.41 Å². The third-order valence-electron chi connectivity index (χ3n) is 3.32. The molecule has 1 N–H and O–H groups in total. The molecule has 0 saturated carbocycles. The van der Waals surface area contributed by atoms with Gasteiger partial charge in [-0.3, -0.25) is 4.18 Å². The Bertz CT molecular complexity index is 528. The predicted octanol–water partition coefficient (Wildman–Crippen LogP) is 2.87. The molecule has 0 unspecified atom stereocenters. The first-order valence-electron chi connectivity index (χ1n) is 6.11. The Morgan fingerprint density at radius 1 is 1.32 bits per heavy atom. The highest BCUT2D eigenvalue weighted by molar-refractivity contribution is 7.85. The fourth-order valence-corrected chi connectivity index (χ4v) is 2.53. The van der Waals surface area contributed by atoms with Gasteiger partial charge in [0.05, 0.1) is 6.26 Å². The van der Waals surface area contributed by atoms with Gasteiger partial charge in [-0.1, -0.05) is 20.8 Å². The van der Waals surface area contributed by atoms with E-state index in [1.807, 2.05) is 0 Å². The number of H-pyrrole nitrogens is 1. The van der Waals surface area contributed by atoms with Crippen LogP contribution in [0.1, 0.15) is 26.5 Å². The molecule has 5 nitrogen and oxygen atoms in total. The summed E-state index contributed by atoms with van der Waals surface area (Å²) in [7, 11) is -5.29. The van der Waals surface area contributed by atoms with E-state index in [1.54, 1.807) is 12.3 Å². The van der Waals surface area contributed by atoms with Crippen LogP contribution in [-0.4, -0.2) is 28.0 Å². The summed E-state index contributed by atoms with van der Waals surface area (Å²) in [6, 6.07) is 1.78. The third-order valence-corrected chi connectivity index (χ3v) is 8.23. The van der Waals surface area contributed by atoms with Crippen molar-refractivity contribution in [2.45, 2.75) is 45.5 Å². The molecule has 1 aromatic heterocycles. The Balaban J connectivity index is 2.71. The van der Waals surface area contributed by atoms with Crippen molar-refractivity contribution in [2.24, 2.45) is 0 Å². The zero-order valence-corrected chi connectivity index (χ0v) is 14.2. The van der Waals surface area contributed by atoms with Crippen LogP contribution in [0.3, 0.4) is 0 Å². The zero-order valence-electron chi connectivity index (χ0n) is 12.4. The second kappa shape index (κ2) is 5.30. The zero-order chi connectivity index (χ0) is 14.9. The van der Waals surface area contributed by atoms with Crippen LogP contribution in [-0.2, 0) is 20.9 Å². The number of hydrogen-bond acceptors (Lipinski definition) is 4. The maximum atomic E-state index is 10.9. The van der Waals surface area contributed by atoms with Crippen molar-refractivity contribution >= 4 is 18.4 Å². The van der Waals surface area contributed by atoms with Crippen LogP contribution < -0.4 is 4.43 Å². The molecule has 110 valence electrons. The topological polar surface area (TPSA) is 68.4 Å².